The van der Waals surface area contributed by atoms with Gasteiger partial charge in [-0.3, -0.25) is 9.36 Å². The van der Waals surface area contributed by atoms with E-state index < -0.39 is 6.10 Å². The molecular formula is C14H21ClN4O. The highest BCUT2D eigenvalue weighted by Crippen LogP contribution is 2.27. The molecule has 2 aromatic heterocycles. The van der Waals surface area contributed by atoms with Crippen LogP contribution in [0.5, 0.6) is 0 Å². The predicted octanol–water partition coefficient (Wildman–Crippen LogP) is 2.44. The molecule has 5 nitrogen and oxygen atoms in total. The minimum Gasteiger partial charge on any atom is -0.388 e. The predicted molar refractivity (Wildman–Crippen MR) is 78.9 cm³/mol. The summed E-state index contributed by atoms with van der Waals surface area (Å²) < 4.78 is 3.63. The van der Waals surface area contributed by atoms with Gasteiger partial charge in [0, 0.05) is 31.3 Å². The quantitative estimate of drug-likeness (QED) is 0.922. The van der Waals surface area contributed by atoms with Gasteiger partial charge in [-0.15, -0.1) is 0 Å². The zero-order chi connectivity index (χ0) is 14.9. The highest BCUT2D eigenvalue weighted by Gasteiger charge is 2.20. The van der Waals surface area contributed by atoms with Gasteiger partial charge in [-0.05, 0) is 20.3 Å². The SMILES string of the molecule is CCc1nn(CC)c(CC(O)c2cnn(C)c2C)c1Cl. The molecule has 1 N–H and O–H groups in total. The lowest BCUT2D eigenvalue weighted by molar-refractivity contribution is 0.174. The summed E-state index contributed by atoms with van der Waals surface area (Å²) in [7, 11) is 1.87. The molecule has 0 saturated carbocycles. The van der Waals surface area contributed by atoms with E-state index in [1.54, 1.807) is 10.9 Å². The van der Waals surface area contributed by atoms with Crippen LogP contribution in [-0.2, 0) is 26.4 Å². The number of rotatable bonds is 5. The smallest absolute Gasteiger partial charge is 0.0878 e. The van der Waals surface area contributed by atoms with Gasteiger partial charge >= 0.3 is 0 Å². The fourth-order valence-corrected chi connectivity index (χ4v) is 2.69. The molecule has 2 aromatic rings. The second-order valence-electron chi connectivity index (χ2n) is 4.91. The Bertz CT molecular complexity index is 603. The Morgan fingerprint density at radius 2 is 2.10 bits per heavy atom. The summed E-state index contributed by atoms with van der Waals surface area (Å²) in [5.74, 6) is 0. The molecule has 110 valence electrons. The van der Waals surface area contributed by atoms with Gasteiger partial charge in [0.2, 0.25) is 0 Å². The maximum atomic E-state index is 10.4. The molecular weight excluding hydrogens is 276 g/mol. The van der Waals surface area contributed by atoms with Crippen molar-refractivity contribution in [3.8, 4) is 0 Å². The van der Waals surface area contributed by atoms with E-state index in [0.717, 1.165) is 35.6 Å². The van der Waals surface area contributed by atoms with Crippen LogP contribution in [0.15, 0.2) is 6.20 Å². The summed E-state index contributed by atoms with van der Waals surface area (Å²) in [6.07, 6.45) is 2.34. The Balaban J connectivity index is 2.30. The minimum atomic E-state index is -0.618. The number of halogens is 1. The second kappa shape index (κ2) is 5.97. The largest absolute Gasteiger partial charge is 0.388 e. The van der Waals surface area contributed by atoms with Crippen molar-refractivity contribution in [3.05, 3.63) is 33.9 Å². The van der Waals surface area contributed by atoms with E-state index >= 15 is 0 Å². The van der Waals surface area contributed by atoms with E-state index in [1.165, 1.54) is 0 Å². The Labute approximate surface area is 124 Å². The third-order valence-electron chi connectivity index (χ3n) is 3.71. The summed E-state index contributed by atoms with van der Waals surface area (Å²) in [5.41, 5.74) is 3.58. The Morgan fingerprint density at radius 1 is 1.40 bits per heavy atom. The molecule has 0 saturated heterocycles. The Morgan fingerprint density at radius 3 is 2.60 bits per heavy atom. The number of hydrogen-bond acceptors (Lipinski definition) is 3. The standard InChI is InChI=1S/C14H21ClN4O/c1-5-11-14(15)12(19(6-2)17-11)7-13(20)10-8-16-18(4)9(10)3/h8,13,20H,5-7H2,1-4H3. The van der Waals surface area contributed by atoms with Gasteiger partial charge in [0.05, 0.1) is 28.7 Å². The normalized spacial score (nSPS) is 12.9. The van der Waals surface area contributed by atoms with Gasteiger partial charge in [0.15, 0.2) is 0 Å². The molecule has 1 atom stereocenters. The summed E-state index contributed by atoms with van der Waals surface area (Å²) in [4.78, 5) is 0. The molecule has 6 heteroatoms. The third-order valence-corrected chi connectivity index (χ3v) is 4.15. The maximum absolute atomic E-state index is 10.4. The van der Waals surface area contributed by atoms with Gasteiger partial charge in [-0.25, -0.2) is 0 Å². The van der Waals surface area contributed by atoms with E-state index in [4.69, 9.17) is 11.6 Å². The van der Waals surface area contributed by atoms with Crippen LogP contribution in [0.1, 0.15) is 42.6 Å². The van der Waals surface area contributed by atoms with Crippen molar-refractivity contribution < 1.29 is 5.11 Å². The van der Waals surface area contributed by atoms with E-state index in [9.17, 15) is 5.11 Å². The molecule has 0 aliphatic heterocycles. The van der Waals surface area contributed by atoms with Gasteiger partial charge in [-0.2, -0.15) is 10.2 Å². The lowest BCUT2D eigenvalue weighted by Crippen LogP contribution is -2.09. The van der Waals surface area contributed by atoms with E-state index in [1.807, 2.05) is 32.5 Å². The summed E-state index contributed by atoms with van der Waals surface area (Å²) in [5, 5.41) is 19.8. The second-order valence-corrected chi connectivity index (χ2v) is 5.28. The molecule has 0 fully saturated rings. The van der Waals surface area contributed by atoms with Crippen molar-refractivity contribution in [2.45, 2.75) is 46.3 Å². The van der Waals surface area contributed by atoms with Crippen molar-refractivity contribution in [1.82, 2.24) is 19.6 Å². The first-order valence-electron chi connectivity index (χ1n) is 6.90. The van der Waals surface area contributed by atoms with Crippen LogP contribution in [0.25, 0.3) is 0 Å². The van der Waals surface area contributed by atoms with Gasteiger partial charge in [0.25, 0.3) is 0 Å². The van der Waals surface area contributed by atoms with Crippen molar-refractivity contribution in [2.24, 2.45) is 7.05 Å². The van der Waals surface area contributed by atoms with Crippen molar-refractivity contribution in [2.75, 3.05) is 0 Å². The molecule has 0 aliphatic carbocycles. The first-order chi connectivity index (χ1) is 9.49. The fourth-order valence-electron chi connectivity index (χ4n) is 2.35. The first-order valence-corrected chi connectivity index (χ1v) is 7.27. The molecule has 2 rings (SSSR count). The summed E-state index contributed by atoms with van der Waals surface area (Å²) in [6, 6.07) is 0. The number of aryl methyl sites for hydroxylation is 3. The van der Waals surface area contributed by atoms with Crippen molar-refractivity contribution in [1.29, 1.82) is 0 Å². The molecule has 0 radical (unpaired) electrons. The topological polar surface area (TPSA) is 55.9 Å². The van der Waals surface area contributed by atoms with Crippen LogP contribution in [0.4, 0.5) is 0 Å². The molecule has 2 heterocycles. The molecule has 1 unspecified atom stereocenters. The van der Waals surface area contributed by atoms with Crippen LogP contribution >= 0.6 is 11.6 Å². The number of hydrogen-bond donors (Lipinski definition) is 1. The van der Waals surface area contributed by atoms with Crippen molar-refractivity contribution >= 4 is 11.6 Å². The zero-order valence-electron chi connectivity index (χ0n) is 12.4. The van der Waals surface area contributed by atoms with Crippen LogP contribution in [0.2, 0.25) is 5.02 Å². The number of aliphatic hydroxyl groups is 1. The van der Waals surface area contributed by atoms with Crippen LogP contribution in [-0.4, -0.2) is 24.7 Å². The first kappa shape index (κ1) is 15.1. The summed E-state index contributed by atoms with van der Waals surface area (Å²) >= 11 is 6.37. The van der Waals surface area contributed by atoms with E-state index in [-0.39, 0.29) is 0 Å². The highest BCUT2D eigenvalue weighted by atomic mass is 35.5. The van der Waals surface area contributed by atoms with Crippen LogP contribution in [0.3, 0.4) is 0 Å². The lowest BCUT2D eigenvalue weighted by Gasteiger charge is -2.12. The van der Waals surface area contributed by atoms with Gasteiger partial charge < -0.3 is 5.11 Å². The molecule has 0 aromatic carbocycles. The molecule has 0 bridgehead atoms. The van der Waals surface area contributed by atoms with Crippen LogP contribution in [0, 0.1) is 6.92 Å². The molecule has 0 amide bonds. The highest BCUT2D eigenvalue weighted by molar-refractivity contribution is 6.31. The lowest BCUT2D eigenvalue weighted by atomic mass is 10.1. The van der Waals surface area contributed by atoms with E-state index in [0.29, 0.717) is 11.4 Å². The zero-order valence-corrected chi connectivity index (χ0v) is 13.1. The number of nitrogens with zero attached hydrogens (tertiary/aromatic N) is 4. The average Bonchev–Trinajstić information content (AvgIpc) is 2.92. The molecule has 20 heavy (non-hydrogen) atoms. The third kappa shape index (κ3) is 2.60. The number of aromatic nitrogens is 4. The van der Waals surface area contributed by atoms with Gasteiger partial charge in [-0.1, -0.05) is 18.5 Å². The maximum Gasteiger partial charge on any atom is 0.0878 e. The number of aliphatic hydroxyl groups excluding tert-OH is 1. The van der Waals surface area contributed by atoms with Crippen molar-refractivity contribution in [3.63, 3.8) is 0 Å². The van der Waals surface area contributed by atoms with E-state index in [2.05, 4.69) is 10.2 Å². The summed E-state index contributed by atoms with van der Waals surface area (Å²) in [6.45, 7) is 6.74. The fraction of sp³-hybridized carbons (Fsp3) is 0.571. The Kier molecular flexibility index (Phi) is 4.50. The Hall–Kier alpha value is -1.33. The average molecular weight is 297 g/mol. The molecule has 0 aliphatic rings. The molecule has 0 spiro atoms. The van der Waals surface area contributed by atoms with Gasteiger partial charge in [0.1, 0.15) is 0 Å². The monoisotopic (exact) mass is 296 g/mol. The van der Waals surface area contributed by atoms with Crippen LogP contribution < -0.4 is 0 Å². The minimum absolute atomic E-state index is 0.451.